The number of ether oxygens (including phenoxy) is 2. The summed E-state index contributed by atoms with van der Waals surface area (Å²) in [6, 6.07) is 149. The van der Waals surface area contributed by atoms with Crippen LogP contribution in [0, 0.1) is 6.92 Å². The minimum absolute atomic E-state index is 0. The Hall–Kier alpha value is -11.6. The summed E-state index contributed by atoms with van der Waals surface area (Å²) in [6.45, 7) is 6.68. The molecule has 0 radical (unpaired) electrons. The molecule has 17 rings (SSSR count). The summed E-state index contributed by atoms with van der Waals surface area (Å²) in [5.74, 6) is 0.584. The van der Waals surface area contributed by atoms with Gasteiger partial charge in [-0.25, -0.2) is 0 Å². The molecule has 15 aromatic carbocycles. The molecule has 112 heavy (non-hydrogen) atoms. The summed E-state index contributed by atoms with van der Waals surface area (Å²) in [6.07, 6.45) is 1.65. The summed E-state index contributed by atoms with van der Waals surface area (Å²) in [5.41, 5.74) is 4.49. The Kier molecular flexibility index (Phi) is 29.9. The standard InChI is InChI=1S/C28H23N3O4.4C18H15P.Pd/c1-3-18-6-9-22(30-27(32)21-8-11-25-26(15-21)35-13-12-34-25)16-24(18)31-28(33)20-7-10-23-19(14-20)5-4-17(2)29-23;4*1-4-10-16(11-5-1)19(17-12-6-2-7-13-17)18-14-8-3-9-15-18;/h3-11,14-16H,1,12-13H2,2H3,(H,30,32)(H,31,33);4*1-15H;. The van der Waals surface area contributed by atoms with Gasteiger partial charge >= 0.3 is 0 Å². The van der Waals surface area contributed by atoms with Gasteiger partial charge in [-0.05, 0) is 162 Å². The van der Waals surface area contributed by atoms with Crippen LogP contribution in [0.25, 0.3) is 17.0 Å². The fourth-order valence-electron chi connectivity index (χ4n) is 12.6. The van der Waals surface area contributed by atoms with Crippen molar-refractivity contribution in [2.45, 2.75) is 6.92 Å². The molecule has 16 aromatic rings. The van der Waals surface area contributed by atoms with E-state index in [2.05, 4.69) is 386 Å². The van der Waals surface area contributed by atoms with Crippen LogP contribution in [0.15, 0.2) is 437 Å². The third-order valence-corrected chi connectivity index (χ3v) is 27.6. The van der Waals surface area contributed by atoms with Crippen molar-refractivity contribution in [3.8, 4) is 11.5 Å². The van der Waals surface area contributed by atoms with Crippen molar-refractivity contribution in [1.29, 1.82) is 0 Å². The molecule has 1 aliphatic rings. The minimum atomic E-state index is -0.446. The molecule has 0 spiro atoms. The molecule has 2 heterocycles. The molecule has 1 aliphatic heterocycles. The van der Waals surface area contributed by atoms with Gasteiger partial charge in [-0.3, -0.25) is 14.6 Å². The zero-order chi connectivity index (χ0) is 76.0. The quantitative estimate of drug-likeness (QED) is 0.0700. The zero-order valence-corrected chi connectivity index (χ0v) is 67.0. The molecular weight excluding hydrogens is 1540 g/mol. The predicted molar refractivity (Wildman–Crippen MR) is 477 cm³/mol. The first kappa shape index (κ1) is 79.9. The number of benzene rings is 15. The van der Waals surface area contributed by atoms with Crippen molar-refractivity contribution in [1.82, 2.24) is 4.98 Å². The second-order valence-corrected chi connectivity index (χ2v) is 34.4. The van der Waals surface area contributed by atoms with E-state index in [0.29, 0.717) is 47.2 Å². The van der Waals surface area contributed by atoms with E-state index in [1.54, 1.807) is 54.6 Å². The smallest absolute Gasteiger partial charge is 0.255 e. The largest absolute Gasteiger partial charge is 0.486 e. The summed E-state index contributed by atoms with van der Waals surface area (Å²) in [4.78, 5) is 30.3. The summed E-state index contributed by atoms with van der Waals surface area (Å²) >= 11 is 0. The number of pyridine rings is 1. The van der Waals surface area contributed by atoms with Crippen LogP contribution in [0.5, 0.6) is 11.5 Å². The van der Waals surface area contributed by atoms with Gasteiger partial charge in [0.05, 0.1) is 11.2 Å². The van der Waals surface area contributed by atoms with Crippen molar-refractivity contribution in [3.63, 3.8) is 0 Å². The molecule has 0 saturated heterocycles. The van der Waals surface area contributed by atoms with Crippen LogP contribution in [-0.4, -0.2) is 30.0 Å². The number of carbonyl (C=O) groups excluding carboxylic acids is 2. The zero-order valence-electron chi connectivity index (χ0n) is 61.9. The van der Waals surface area contributed by atoms with Gasteiger partial charge in [-0.1, -0.05) is 389 Å². The second-order valence-electron chi connectivity index (χ2n) is 25.5. The molecule has 2 N–H and O–H groups in total. The molecule has 1 aromatic heterocycles. The number of aryl methyl sites for hydroxylation is 1. The molecule has 0 bridgehead atoms. The van der Waals surface area contributed by atoms with Gasteiger partial charge in [0.2, 0.25) is 0 Å². The normalized spacial score (nSPS) is 11.0. The predicted octanol–water partition coefficient (Wildman–Crippen LogP) is 19.2. The maximum atomic E-state index is 13.0. The van der Waals surface area contributed by atoms with Crippen LogP contribution < -0.4 is 83.8 Å². The molecule has 0 unspecified atom stereocenters. The number of anilines is 2. The van der Waals surface area contributed by atoms with E-state index in [0.717, 1.165) is 22.2 Å². The number of aromatic nitrogens is 1. The van der Waals surface area contributed by atoms with Crippen LogP contribution >= 0.6 is 31.7 Å². The molecule has 0 atom stereocenters. The Morgan fingerprint density at radius 2 is 0.589 bits per heavy atom. The summed E-state index contributed by atoms with van der Waals surface area (Å²) in [7, 11) is -1.78. The Labute approximate surface area is 676 Å². The Morgan fingerprint density at radius 1 is 0.312 bits per heavy atom. The number of rotatable bonds is 17. The maximum absolute atomic E-state index is 13.0. The van der Waals surface area contributed by atoms with Crippen LogP contribution in [0.2, 0.25) is 0 Å². The molecule has 7 nitrogen and oxygen atoms in total. The second kappa shape index (κ2) is 42.0. The van der Waals surface area contributed by atoms with E-state index < -0.39 is 31.7 Å². The topological polar surface area (TPSA) is 89.5 Å². The van der Waals surface area contributed by atoms with Crippen molar-refractivity contribution in [3.05, 3.63) is 460 Å². The van der Waals surface area contributed by atoms with Gasteiger partial charge in [0.25, 0.3) is 11.8 Å². The van der Waals surface area contributed by atoms with Crippen molar-refractivity contribution >= 4 is 136 Å². The monoisotopic (exact) mass is 1620 g/mol. The molecule has 0 saturated carbocycles. The van der Waals surface area contributed by atoms with E-state index in [4.69, 9.17) is 9.47 Å². The number of nitrogens with zero attached hydrogens (tertiary/aromatic N) is 1. The van der Waals surface area contributed by atoms with Gasteiger partial charge in [-0.2, -0.15) is 0 Å². The van der Waals surface area contributed by atoms with E-state index in [-0.39, 0.29) is 32.2 Å². The first-order valence-electron chi connectivity index (χ1n) is 36.8. The van der Waals surface area contributed by atoms with E-state index in [9.17, 15) is 9.59 Å². The van der Waals surface area contributed by atoms with Crippen molar-refractivity contribution < 1.29 is 39.5 Å². The fraction of sp³-hybridized carbons (Fsp3) is 0.0300. The maximum Gasteiger partial charge on any atom is 0.255 e. The van der Waals surface area contributed by atoms with Crippen molar-refractivity contribution in [2.24, 2.45) is 0 Å². The van der Waals surface area contributed by atoms with Gasteiger partial charge in [0.15, 0.2) is 11.5 Å². The van der Waals surface area contributed by atoms with Crippen LogP contribution in [0.1, 0.15) is 32.0 Å². The third kappa shape index (κ3) is 22.1. The Balaban J connectivity index is 0.000000133. The van der Waals surface area contributed by atoms with Gasteiger partial charge < -0.3 is 20.1 Å². The third-order valence-electron chi connectivity index (χ3n) is 17.8. The number of amides is 2. The first-order valence-corrected chi connectivity index (χ1v) is 42.1. The number of hydrogen-bond acceptors (Lipinski definition) is 5. The minimum Gasteiger partial charge on any atom is -0.486 e. The fourth-order valence-corrected chi connectivity index (χ4v) is 21.8. The average Bonchev–Trinajstić information content (AvgIpc) is 0.705. The van der Waals surface area contributed by atoms with Gasteiger partial charge in [0.1, 0.15) is 13.2 Å². The average molecular weight is 1620 g/mol. The summed E-state index contributed by atoms with van der Waals surface area (Å²) < 4.78 is 11.1. The first-order chi connectivity index (χ1) is 54.8. The van der Waals surface area contributed by atoms with Crippen LogP contribution in [-0.2, 0) is 20.4 Å². The molecular formula is C100H83N3O4P4Pd. The number of carbonyl (C=O) groups is 2. The van der Waals surface area contributed by atoms with E-state index in [1.807, 2.05) is 25.1 Å². The summed E-state index contributed by atoms with van der Waals surface area (Å²) in [5, 5.41) is 23.5. The molecule has 2 amide bonds. The van der Waals surface area contributed by atoms with E-state index >= 15 is 0 Å². The molecule has 0 aliphatic carbocycles. The van der Waals surface area contributed by atoms with Crippen LogP contribution in [0.3, 0.4) is 0 Å². The van der Waals surface area contributed by atoms with Crippen molar-refractivity contribution in [2.75, 3.05) is 23.8 Å². The Morgan fingerprint density at radius 3 is 0.893 bits per heavy atom. The molecule has 0 fully saturated rings. The number of hydrogen-bond donors (Lipinski definition) is 2. The number of fused-ring (bicyclic) bond motifs is 2. The van der Waals surface area contributed by atoms with Gasteiger partial charge in [0, 0.05) is 48.3 Å². The Bertz CT molecular complexity index is 4700. The van der Waals surface area contributed by atoms with E-state index in [1.165, 1.54) is 63.7 Å². The van der Waals surface area contributed by atoms with Crippen LogP contribution in [0.4, 0.5) is 11.4 Å². The molecule has 552 valence electrons. The number of nitrogens with one attached hydrogen (secondary N) is 2. The van der Waals surface area contributed by atoms with Gasteiger partial charge in [-0.15, -0.1) is 0 Å². The SMILES string of the molecule is C=Cc1ccc(NC(=O)c2ccc3c(c2)OCCO3)cc1NC(=O)c1ccc2nc(C)ccc2c1.[Pd].c1ccc(P(c2ccccc2)c2ccccc2)cc1.c1ccc(P(c2ccccc2)c2ccccc2)cc1.c1ccc(P(c2ccccc2)c2ccccc2)cc1.c1ccc(P(c2ccccc2)c2ccccc2)cc1. The molecule has 12 heteroatoms.